The van der Waals surface area contributed by atoms with Gasteiger partial charge < -0.3 is 10.6 Å². The zero-order chi connectivity index (χ0) is 13.1. The summed E-state index contributed by atoms with van der Waals surface area (Å²) in [7, 11) is 3.53. The number of nitrogens with zero attached hydrogens (tertiary/aromatic N) is 3. The molecule has 0 bridgehead atoms. The number of thiazole rings is 1. The number of likely N-dealkylation sites (tertiary alicyclic amines) is 1. The minimum absolute atomic E-state index is 0.0964. The number of hydrogen-bond donors (Lipinski definition) is 1. The van der Waals surface area contributed by atoms with E-state index in [0.717, 1.165) is 36.8 Å². The summed E-state index contributed by atoms with van der Waals surface area (Å²) in [6, 6.07) is 0.304. The Morgan fingerprint density at radius 1 is 1.67 bits per heavy atom. The maximum absolute atomic E-state index is 11.6. The van der Waals surface area contributed by atoms with Gasteiger partial charge in [0.1, 0.15) is 5.01 Å². The summed E-state index contributed by atoms with van der Waals surface area (Å²) in [6.07, 6.45) is 1.47. The van der Waals surface area contributed by atoms with E-state index in [4.69, 9.17) is 5.73 Å². The molecule has 0 saturated carbocycles. The molecule has 2 N–H and O–H groups in total. The fourth-order valence-corrected chi connectivity index (χ4v) is 2.80. The van der Waals surface area contributed by atoms with Crippen LogP contribution in [0.5, 0.6) is 0 Å². The molecule has 1 amide bonds. The molecule has 6 heteroatoms. The van der Waals surface area contributed by atoms with E-state index in [1.807, 2.05) is 5.38 Å². The molecule has 1 aromatic rings. The van der Waals surface area contributed by atoms with Gasteiger partial charge in [0, 0.05) is 45.2 Å². The minimum Gasteiger partial charge on any atom is -0.348 e. The van der Waals surface area contributed by atoms with Gasteiger partial charge in [-0.1, -0.05) is 0 Å². The molecule has 0 unspecified atom stereocenters. The van der Waals surface area contributed by atoms with Crippen molar-refractivity contribution in [2.24, 2.45) is 5.73 Å². The molecule has 1 fully saturated rings. The molecule has 1 aliphatic rings. The van der Waals surface area contributed by atoms with Crippen molar-refractivity contribution in [3.05, 3.63) is 16.1 Å². The van der Waals surface area contributed by atoms with Crippen molar-refractivity contribution < 1.29 is 4.79 Å². The first-order valence-corrected chi connectivity index (χ1v) is 7.04. The molecule has 100 valence electrons. The Kier molecular flexibility index (Phi) is 4.31. The van der Waals surface area contributed by atoms with E-state index >= 15 is 0 Å². The number of carbonyl (C=O) groups excluding carboxylic acids is 1. The van der Waals surface area contributed by atoms with E-state index in [1.165, 1.54) is 0 Å². The van der Waals surface area contributed by atoms with Gasteiger partial charge in [-0.05, 0) is 6.42 Å². The molecule has 5 nitrogen and oxygen atoms in total. The van der Waals surface area contributed by atoms with Crippen LogP contribution in [-0.2, 0) is 17.8 Å². The monoisotopic (exact) mass is 268 g/mol. The Labute approximate surface area is 112 Å². The van der Waals surface area contributed by atoms with E-state index in [2.05, 4.69) is 9.88 Å². The van der Waals surface area contributed by atoms with Crippen molar-refractivity contribution in [2.75, 3.05) is 27.2 Å². The van der Waals surface area contributed by atoms with Crippen LogP contribution in [0.4, 0.5) is 0 Å². The first kappa shape index (κ1) is 13.5. The molecule has 0 aliphatic carbocycles. The van der Waals surface area contributed by atoms with Crippen molar-refractivity contribution >= 4 is 17.2 Å². The highest BCUT2D eigenvalue weighted by Crippen LogP contribution is 2.16. The first-order chi connectivity index (χ1) is 8.54. The molecule has 0 spiro atoms. The molecular formula is C12H20N4OS. The van der Waals surface area contributed by atoms with Gasteiger partial charge in [-0.15, -0.1) is 11.3 Å². The third-order valence-electron chi connectivity index (χ3n) is 3.09. The Bertz CT molecular complexity index is 418. The van der Waals surface area contributed by atoms with Crippen molar-refractivity contribution in [3.8, 4) is 0 Å². The van der Waals surface area contributed by atoms with Crippen LogP contribution in [0.3, 0.4) is 0 Å². The largest absolute Gasteiger partial charge is 0.348 e. The van der Waals surface area contributed by atoms with Gasteiger partial charge in [0.2, 0.25) is 5.91 Å². The summed E-state index contributed by atoms with van der Waals surface area (Å²) in [6.45, 7) is 2.84. The summed E-state index contributed by atoms with van der Waals surface area (Å²) in [4.78, 5) is 20.0. The number of amides is 1. The topological polar surface area (TPSA) is 62.5 Å². The van der Waals surface area contributed by atoms with Crippen molar-refractivity contribution in [2.45, 2.75) is 25.4 Å². The van der Waals surface area contributed by atoms with Crippen LogP contribution in [0.25, 0.3) is 0 Å². The zero-order valence-electron chi connectivity index (χ0n) is 10.9. The molecular weight excluding hydrogens is 248 g/mol. The summed E-state index contributed by atoms with van der Waals surface area (Å²) >= 11 is 1.56. The summed E-state index contributed by atoms with van der Waals surface area (Å²) in [5.74, 6) is 0.0964. The highest BCUT2D eigenvalue weighted by molar-refractivity contribution is 7.09. The smallest absolute Gasteiger partial charge is 0.228 e. The number of rotatable bonds is 4. The Morgan fingerprint density at radius 2 is 2.44 bits per heavy atom. The van der Waals surface area contributed by atoms with Crippen LogP contribution in [0.1, 0.15) is 17.1 Å². The molecule has 1 saturated heterocycles. The highest BCUT2D eigenvalue weighted by Gasteiger charge is 2.20. The predicted octanol–water partition coefficient (Wildman–Crippen LogP) is 0.307. The van der Waals surface area contributed by atoms with Crippen molar-refractivity contribution in [1.29, 1.82) is 0 Å². The van der Waals surface area contributed by atoms with Crippen LogP contribution in [-0.4, -0.2) is 53.9 Å². The van der Waals surface area contributed by atoms with Crippen LogP contribution < -0.4 is 5.73 Å². The zero-order valence-corrected chi connectivity index (χ0v) is 11.7. The number of nitrogens with two attached hydrogens (primary N) is 1. The van der Waals surface area contributed by atoms with E-state index in [-0.39, 0.29) is 5.91 Å². The fraction of sp³-hybridized carbons (Fsp3) is 0.667. The lowest BCUT2D eigenvalue weighted by Crippen LogP contribution is -2.26. The maximum atomic E-state index is 11.6. The molecule has 0 aromatic carbocycles. The molecule has 0 radical (unpaired) electrons. The van der Waals surface area contributed by atoms with Crippen LogP contribution in [0.2, 0.25) is 0 Å². The number of carbonyl (C=O) groups is 1. The molecule has 1 aliphatic heterocycles. The van der Waals surface area contributed by atoms with Gasteiger partial charge in [-0.25, -0.2) is 4.98 Å². The average Bonchev–Trinajstić information content (AvgIpc) is 2.89. The quantitative estimate of drug-likeness (QED) is 0.853. The fourth-order valence-electron chi connectivity index (χ4n) is 2.03. The maximum Gasteiger partial charge on any atom is 0.228 e. The van der Waals surface area contributed by atoms with Crippen LogP contribution in [0.15, 0.2) is 5.38 Å². The number of hydrogen-bond acceptors (Lipinski definition) is 5. The highest BCUT2D eigenvalue weighted by atomic mass is 32.1. The molecule has 1 aromatic heterocycles. The SMILES string of the molecule is CN(C)C(=O)Cc1nc(CN2CC[C@@H](N)C2)cs1. The second-order valence-electron chi connectivity index (χ2n) is 4.98. The van der Waals surface area contributed by atoms with Gasteiger partial charge in [0.15, 0.2) is 0 Å². The second-order valence-corrected chi connectivity index (χ2v) is 5.92. The van der Waals surface area contributed by atoms with E-state index in [0.29, 0.717) is 12.5 Å². The van der Waals surface area contributed by atoms with Crippen molar-refractivity contribution in [3.63, 3.8) is 0 Å². The molecule has 2 heterocycles. The van der Waals surface area contributed by atoms with E-state index in [9.17, 15) is 4.79 Å². The lowest BCUT2D eigenvalue weighted by molar-refractivity contribution is -0.127. The van der Waals surface area contributed by atoms with Gasteiger partial charge >= 0.3 is 0 Å². The van der Waals surface area contributed by atoms with Gasteiger partial charge in [0.25, 0.3) is 0 Å². The van der Waals surface area contributed by atoms with Gasteiger partial charge in [-0.3, -0.25) is 9.69 Å². The van der Waals surface area contributed by atoms with Crippen molar-refractivity contribution in [1.82, 2.24) is 14.8 Å². The lowest BCUT2D eigenvalue weighted by Gasteiger charge is -2.12. The second kappa shape index (κ2) is 5.77. The normalized spacial score (nSPS) is 20.3. The summed E-state index contributed by atoms with van der Waals surface area (Å²) in [5.41, 5.74) is 6.93. The van der Waals surface area contributed by atoms with Gasteiger partial charge in [0.05, 0.1) is 12.1 Å². The number of likely N-dealkylation sites (N-methyl/N-ethyl adjacent to an activating group) is 1. The molecule has 2 rings (SSSR count). The Morgan fingerprint density at radius 3 is 3.06 bits per heavy atom. The van der Waals surface area contributed by atoms with E-state index in [1.54, 1.807) is 30.3 Å². The van der Waals surface area contributed by atoms with Crippen LogP contribution in [0, 0.1) is 0 Å². The average molecular weight is 268 g/mol. The summed E-state index contributed by atoms with van der Waals surface area (Å²) < 4.78 is 0. The minimum atomic E-state index is 0.0964. The van der Waals surface area contributed by atoms with Gasteiger partial charge in [-0.2, -0.15) is 0 Å². The summed E-state index contributed by atoms with van der Waals surface area (Å²) in [5, 5.41) is 2.94. The molecule has 18 heavy (non-hydrogen) atoms. The molecule has 1 atom stereocenters. The van der Waals surface area contributed by atoms with E-state index < -0.39 is 0 Å². The third kappa shape index (κ3) is 3.51. The van der Waals surface area contributed by atoms with Crippen LogP contribution >= 0.6 is 11.3 Å². The first-order valence-electron chi connectivity index (χ1n) is 6.16. The third-order valence-corrected chi connectivity index (χ3v) is 3.99. The Hall–Kier alpha value is -0.980. The predicted molar refractivity (Wildman–Crippen MR) is 72.4 cm³/mol. The lowest BCUT2D eigenvalue weighted by atomic mass is 10.3. The number of aromatic nitrogens is 1. The standard InChI is InChI=1S/C12H20N4OS/c1-15(2)12(17)5-11-14-10(8-18-11)7-16-4-3-9(13)6-16/h8-9H,3-7,13H2,1-2H3/t9-/m1/s1. The Balaban J connectivity index is 1.88.